The van der Waals surface area contributed by atoms with Gasteiger partial charge in [-0.25, -0.2) is 4.79 Å². The van der Waals surface area contributed by atoms with Gasteiger partial charge < -0.3 is 23.5 Å². The van der Waals surface area contributed by atoms with Crippen LogP contribution in [0.2, 0.25) is 5.82 Å². The van der Waals surface area contributed by atoms with Crippen molar-refractivity contribution in [1.29, 1.82) is 0 Å². The molecule has 2 bridgehead atoms. The minimum atomic E-state index is -1.01. The van der Waals surface area contributed by atoms with Crippen LogP contribution in [0.4, 0.5) is 0 Å². The second-order valence-corrected chi connectivity index (χ2v) is 11.3. The molecule has 31 heavy (non-hydrogen) atoms. The lowest BCUT2D eigenvalue weighted by Gasteiger charge is -2.64. The van der Waals surface area contributed by atoms with E-state index in [0.717, 1.165) is 24.3 Å². The minimum absolute atomic E-state index is 0.186. The molecule has 1 saturated heterocycles. The number of hydrogen-bond acceptors (Lipinski definition) is 6. The molecule has 5 fully saturated rings. The Morgan fingerprint density at radius 1 is 1.06 bits per heavy atom. The highest BCUT2D eigenvalue weighted by atomic mass is 16.7. The van der Waals surface area contributed by atoms with Gasteiger partial charge in [0.2, 0.25) is 5.79 Å². The topological polar surface area (TPSA) is 63.2 Å². The van der Waals surface area contributed by atoms with Gasteiger partial charge >= 0.3 is 13.1 Å². The van der Waals surface area contributed by atoms with Crippen molar-refractivity contribution in [3.63, 3.8) is 0 Å². The zero-order valence-corrected chi connectivity index (χ0v) is 19.2. The van der Waals surface area contributed by atoms with Crippen LogP contribution in [0.1, 0.15) is 75.7 Å². The quantitative estimate of drug-likeness (QED) is 0.522. The van der Waals surface area contributed by atoms with Crippen LogP contribution in [0.5, 0.6) is 11.5 Å². The van der Waals surface area contributed by atoms with Crippen molar-refractivity contribution in [2.24, 2.45) is 17.3 Å². The molecule has 0 aromatic heterocycles. The highest BCUT2D eigenvalue weighted by Gasteiger charge is 2.70. The first-order valence-electron chi connectivity index (χ1n) is 11.5. The number of hydrogen-bond donors (Lipinski definition) is 0. The Bertz CT molecular complexity index is 973. The summed E-state index contributed by atoms with van der Waals surface area (Å²) in [6, 6.07) is 3.85. The van der Waals surface area contributed by atoms with Gasteiger partial charge in [-0.3, -0.25) is 0 Å². The maximum atomic E-state index is 12.7. The highest BCUT2D eigenvalue weighted by Crippen LogP contribution is 2.68. The number of methoxy groups -OCH3 is 1. The maximum Gasteiger partial charge on any atom is 0.461 e. The van der Waals surface area contributed by atoms with E-state index < -0.39 is 11.8 Å². The minimum Gasteiger partial charge on any atom is -0.496 e. The first-order chi connectivity index (χ1) is 14.5. The van der Waals surface area contributed by atoms with Gasteiger partial charge in [-0.15, -0.1) is 0 Å². The van der Waals surface area contributed by atoms with E-state index in [-0.39, 0.29) is 30.6 Å². The smallest absolute Gasteiger partial charge is 0.461 e. The molecule has 0 N–H and O–H groups in total. The molecule has 3 unspecified atom stereocenters. The van der Waals surface area contributed by atoms with E-state index >= 15 is 0 Å². The van der Waals surface area contributed by atoms with Crippen molar-refractivity contribution in [2.45, 2.75) is 83.1 Å². The molecular formula is C24H31BO6. The van der Waals surface area contributed by atoms with Gasteiger partial charge in [0.15, 0.2) is 0 Å². The second-order valence-electron chi connectivity index (χ2n) is 11.3. The highest BCUT2D eigenvalue weighted by molar-refractivity contribution is 6.49. The number of cyclic esters (lactones) is 1. The van der Waals surface area contributed by atoms with Gasteiger partial charge in [0.25, 0.3) is 0 Å². The number of esters is 1. The molecule has 0 radical (unpaired) electrons. The van der Waals surface area contributed by atoms with Crippen LogP contribution in [-0.2, 0) is 14.0 Å². The van der Waals surface area contributed by atoms with Crippen molar-refractivity contribution < 1.29 is 28.3 Å². The SMILES string of the molecule is COc1ccc([C@H]2C[C@H]2B2OC3CC4CC(C4(C)C)[C@]3(C)O2)c2c1C(=O)OC(C)(C)O2. The van der Waals surface area contributed by atoms with Gasteiger partial charge in [0, 0.05) is 19.7 Å². The Labute approximate surface area is 184 Å². The average molecular weight is 426 g/mol. The first kappa shape index (κ1) is 19.9. The molecule has 7 heteroatoms. The molecule has 4 aliphatic carbocycles. The van der Waals surface area contributed by atoms with Gasteiger partial charge in [0.05, 0.1) is 18.8 Å². The molecule has 1 aromatic rings. The predicted molar refractivity (Wildman–Crippen MR) is 114 cm³/mol. The number of ether oxygens (including phenoxy) is 3. The first-order valence-corrected chi connectivity index (χ1v) is 11.5. The van der Waals surface area contributed by atoms with Gasteiger partial charge in [0.1, 0.15) is 17.1 Å². The fourth-order valence-corrected chi connectivity index (χ4v) is 6.84. The zero-order chi connectivity index (χ0) is 21.9. The van der Waals surface area contributed by atoms with Crippen LogP contribution in [0, 0.1) is 17.3 Å². The monoisotopic (exact) mass is 426 g/mol. The van der Waals surface area contributed by atoms with E-state index in [0.29, 0.717) is 28.4 Å². The number of rotatable bonds is 3. The zero-order valence-electron chi connectivity index (χ0n) is 19.2. The molecule has 6 nitrogen and oxygen atoms in total. The lowest BCUT2D eigenvalue weighted by molar-refractivity contribution is -0.199. The van der Waals surface area contributed by atoms with E-state index in [9.17, 15) is 4.79 Å². The number of carbonyl (C=O) groups excluding carboxylic acids is 1. The van der Waals surface area contributed by atoms with Crippen molar-refractivity contribution in [3.05, 3.63) is 23.3 Å². The molecular weight excluding hydrogens is 395 g/mol. The Morgan fingerprint density at radius 2 is 1.84 bits per heavy atom. The average Bonchev–Trinajstić information content (AvgIpc) is 3.39. The molecule has 2 heterocycles. The summed E-state index contributed by atoms with van der Waals surface area (Å²) in [4.78, 5) is 12.7. The van der Waals surface area contributed by atoms with Crippen LogP contribution in [0.25, 0.3) is 0 Å². The summed E-state index contributed by atoms with van der Waals surface area (Å²) in [6.45, 7) is 10.5. The summed E-state index contributed by atoms with van der Waals surface area (Å²) in [5.41, 5.74) is 1.53. The van der Waals surface area contributed by atoms with E-state index in [2.05, 4.69) is 20.8 Å². The normalized spacial score (nSPS) is 40.8. The number of fused-ring (bicyclic) bond motifs is 1. The van der Waals surface area contributed by atoms with Crippen LogP contribution in [0.3, 0.4) is 0 Å². The molecule has 0 amide bonds. The standard InChI is InChI=1S/C24H31BO6/c1-22(2)12-9-17(22)24(5)18(10-12)30-25(31-24)15-11-14(15)13-7-8-16(27-6)19-20(13)28-23(3,4)29-21(19)26/h7-8,12,14-15,17-18H,9-11H2,1-6H3/t12?,14-,15-,17?,18?,24+/m1/s1. The molecule has 0 spiro atoms. The third-order valence-corrected chi connectivity index (χ3v) is 8.82. The fraction of sp³-hybridized carbons (Fsp3) is 0.708. The second kappa shape index (κ2) is 5.99. The summed E-state index contributed by atoms with van der Waals surface area (Å²) < 4.78 is 30.2. The lowest BCUT2D eigenvalue weighted by atomic mass is 9.43. The summed E-state index contributed by atoms with van der Waals surface area (Å²) in [6.07, 6.45) is 3.49. The van der Waals surface area contributed by atoms with Gasteiger partial charge in [-0.05, 0) is 61.0 Å². The lowest BCUT2D eigenvalue weighted by Crippen LogP contribution is -2.65. The van der Waals surface area contributed by atoms with E-state index in [1.54, 1.807) is 21.0 Å². The van der Waals surface area contributed by atoms with Crippen LogP contribution >= 0.6 is 0 Å². The molecule has 1 aromatic carbocycles. The largest absolute Gasteiger partial charge is 0.496 e. The molecule has 7 rings (SSSR count). The molecule has 166 valence electrons. The summed E-state index contributed by atoms with van der Waals surface area (Å²) in [5, 5.41) is 0. The molecule has 6 atom stereocenters. The summed E-state index contributed by atoms with van der Waals surface area (Å²) in [7, 11) is 1.36. The van der Waals surface area contributed by atoms with Crippen molar-refractivity contribution >= 4 is 13.1 Å². The maximum absolute atomic E-state index is 12.7. The molecule has 4 saturated carbocycles. The van der Waals surface area contributed by atoms with Crippen LogP contribution < -0.4 is 9.47 Å². The Hall–Kier alpha value is -1.73. The Kier molecular flexibility index (Phi) is 3.85. The number of carbonyl (C=O) groups is 1. The van der Waals surface area contributed by atoms with Gasteiger partial charge in [-0.1, -0.05) is 19.9 Å². The molecule has 6 aliphatic rings. The van der Waals surface area contributed by atoms with E-state index in [1.807, 2.05) is 12.1 Å². The molecule has 2 aliphatic heterocycles. The van der Waals surface area contributed by atoms with E-state index in [1.165, 1.54) is 6.42 Å². The summed E-state index contributed by atoms with van der Waals surface area (Å²) in [5.74, 6) is 1.44. The van der Waals surface area contributed by atoms with Crippen LogP contribution in [-0.4, -0.2) is 37.7 Å². The van der Waals surface area contributed by atoms with E-state index in [4.69, 9.17) is 23.5 Å². The third kappa shape index (κ3) is 2.62. The van der Waals surface area contributed by atoms with Crippen molar-refractivity contribution in [3.8, 4) is 11.5 Å². The van der Waals surface area contributed by atoms with Crippen molar-refractivity contribution in [1.82, 2.24) is 0 Å². The van der Waals surface area contributed by atoms with Gasteiger partial charge in [-0.2, -0.15) is 0 Å². The summed E-state index contributed by atoms with van der Waals surface area (Å²) >= 11 is 0. The Morgan fingerprint density at radius 3 is 2.55 bits per heavy atom. The van der Waals surface area contributed by atoms with Crippen molar-refractivity contribution in [2.75, 3.05) is 7.11 Å². The predicted octanol–water partition coefficient (Wildman–Crippen LogP) is 4.57. The number of benzene rings is 1. The fourth-order valence-electron chi connectivity index (χ4n) is 6.84. The third-order valence-electron chi connectivity index (χ3n) is 8.82. The van der Waals surface area contributed by atoms with Crippen LogP contribution in [0.15, 0.2) is 12.1 Å². The Balaban J connectivity index is 1.28.